The van der Waals surface area contributed by atoms with Crippen LogP contribution in [-0.4, -0.2) is 45.1 Å². The molecule has 5 rings (SSSR count). The number of benzene rings is 2. The number of para-hydroxylation sites is 1. The molecule has 2 aromatic carbocycles. The molecule has 0 fully saturated rings. The molecule has 6 nitrogen and oxygen atoms in total. The van der Waals surface area contributed by atoms with E-state index in [0.29, 0.717) is 17.7 Å². The molecule has 1 N–H and O–H groups in total. The summed E-state index contributed by atoms with van der Waals surface area (Å²) in [5, 5.41) is 1.20. The monoisotopic (exact) mass is 443 g/mol. The fourth-order valence-electron chi connectivity index (χ4n) is 5.53. The Balaban J connectivity index is 1.54. The summed E-state index contributed by atoms with van der Waals surface area (Å²) in [6, 6.07) is 14.0. The second-order valence-corrected chi connectivity index (χ2v) is 9.75. The van der Waals surface area contributed by atoms with Gasteiger partial charge in [0, 0.05) is 23.1 Å². The van der Waals surface area contributed by atoms with E-state index in [1.54, 1.807) is 24.3 Å². The van der Waals surface area contributed by atoms with E-state index in [-0.39, 0.29) is 35.6 Å². The topological polar surface area (TPSA) is 73.5 Å². The first kappa shape index (κ1) is 21.4. The van der Waals surface area contributed by atoms with Crippen molar-refractivity contribution in [1.82, 2.24) is 14.8 Å². The lowest BCUT2D eigenvalue weighted by Crippen LogP contribution is -2.55. The average Bonchev–Trinajstić information content (AvgIpc) is 3.29. The van der Waals surface area contributed by atoms with Crippen LogP contribution in [0.5, 0.6) is 0 Å². The van der Waals surface area contributed by atoms with E-state index in [0.717, 1.165) is 17.6 Å². The molecule has 2 atom stereocenters. The Morgan fingerprint density at radius 1 is 0.939 bits per heavy atom. The second-order valence-electron chi connectivity index (χ2n) is 9.75. The quantitative estimate of drug-likeness (QED) is 0.601. The van der Waals surface area contributed by atoms with Crippen LogP contribution in [0.4, 0.5) is 0 Å². The van der Waals surface area contributed by atoms with Gasteiger partial charge in [-0.1, -0.05) is 58.0 Å². The van der Waals surface area contributed by atoms with Gasteiger partial charge in [-0.2, -0.15) is 0 Å². The van der Waals surface area contributed by atoms with Crippen LogP contribution in [0.25, 0.3) is 10.9 Å². The summed E-state index contributed by atoms with van der Waals surface area (Å²) >= 11 is 0. The van der Waals surface area contributed by atoms with Crippen molar-refractivity contribution in [2.75, 3.05) is 6.54 Å². The summed E-state index contributed by atoms with van der Waals surface area (Å²) in [4.78, 5) is 47.1. The lowest BCUT2D eigenvalue weighted by molar-refractivity contribution is -0.141. The molecule has 0 saturated heterocycles. The number of aromatic nitrogens is 1. The zero-order chi connectivity index (χ0) is 23.4. The first-order valence-electron chi connectivity index (χ1n) is 11.7. The van der Waals surface area contributed by atoms with Crippen LogP contribution in [-0.2, 0) is 11.2 Å². The summed E-state index contributed by atoms with van der Waals surface area (Å²) in [6.45, 7) is 8.57. The van der Waals surface area contributed by atoms with E-state index >= 15 is 0 Å². The fourth-order valence-corrected chi connectivity index (χ4v) is 5.53. The van der Waals surface area contributed by atoms with Gasteiger partial charge in [0.1, 0.15) is 6.04 Å². The van der Waals surface area contributed by atoms with Crippen molar-refractivity contribution in [2.45, 2.75) is 46.2 Å². The van der Waals surface area contributed by atoms with Gasteiger partial charge < -0.3 is 9.88 Å². The third-order valence-electron chi connectivity index (χ3n) is 6.98. The van der Waals surface area contributed by atoms with Gasteiger partial charge in [0.2, 0.25) is 5.91 Å². The highest BCUT2D eigenvalue weighted by Crippen LogP contribution is 2.40. The molecule has 0 aliphatic carbocycles. The standard InChI is InChI=1S/C27H29N3O3/c1-15(2)23-22-18(17-9-7-8-12-21(17)28-22)13-14-29(23)27(33)24(16(3)4)30-25(31)19-10-5-6-11-20(19)26(30)32/h5-12,15-16,23-24,28H,13-14H2,1-4H3/t23-,24+/m1/s1. The maximum Gasteiger partial charge on any atom is 0.262 e. The average molecular weight is 444 g/mol. The number of aromatic amines is 1. The molecule has 3 heterocycles. The van der Waals surface area contributed by atoms with E-state index in [1.807, 2.05) is 30.9 Å². The number of rotatable bonds is 4. The number of amides is 3. The van der Waals surface area contributed by atoms with E-state index in [9.17, 15) is 14.4 Å². The highest BCUT2D eigenvalue weighted by atomic mass is 16.2. The maximum atomic E-state index is 14.1. The van der Waals surface area contributed by atoms with Crippen LogP contribution in [0.15, 0.2) is 48.5 Å². The number of nitrogens with zero attached hydrogens (tertiary/aromatic N) is 2. The highest BCUT2D eigenvalue weighted by Gasteiger charge is 2.47. The Morgan fingerprint density at radius 3 is 2.15 bits per heavy atom. The predicted molar refractivity (Wildman–Crippen MR) is 127 cm³/mol. The van der Waals surface area contributed by atoms with Crippen LogP contribution in [0.3, 0.4) is 0 Å². The van der Waals surface area contributed by atoms with Crippen molar-refractivity contribution in [3.63, 3.8) is 0 Å². The highest BCUT2D eigenvalue weighted by molar-refractivity contribution is 6.22. The van der Waals surface area contributed by atoms with Gasteiger partial charge in [0.15, 0.2) is 0 Å². The van der Waals surface area contributed by atoms with Gasteiger partial charge >= 0.3 is 0 Å². The number of hydrogen-bond donors (Lipinski definition) is 1. The smallest absolute Gasteiger partial charge is 0.262 e. The largest absolute Gasteiger partial charge is 0.356 e. The Kier molecular flexibility index (Phi) is 5.11. The molecule has 0 unspecified atom stereocenters. The van der Waals surface area contributed by atoms with Crippen molar-refractivity contribution >= 4 is 28.6 Å². The maximum absolute atomic E-state index is 14.1. The summed E-state index contributed by atoms with van der Waals surface area (Å²) in [6.07, 6.45) is 0.737. The Bertz CT molecular complexity index is 1240. The van der Waals surface area contributed by atoms with E-state index in [4.69, 9.17) is 0 Å². The number of carbonyl (C=O) groups excluding carboxylic acids is 3. The van der Waals surface area contributed by atoms with Crippen LogP contribution < -0.4 is 0 Å². The molecule has 0 spiro atoms. The van der Waals surface area contributed by atoms with E-state index < -0.39 is 6.04 Å². The molecule has 0 saturated carbocycles. The molecule has 2 aliphatic rings. The number of carbonyl (C=O) groups is 3. The number of imide groups is 1. The van der Waals surface area contributed by atoms with Crippen LogP contribution >= 0.6 is 0 Å². The Morgan fingerprint density at radius 2 is 1.55 bits per heavy atom. The molecule has 2 aliphatic heterocycles. The second kappa shape index (κ2) is 7.87. The predicted octanol–water partition coefficient (Wildman–Crippen LogP) is 4.57. The molecular formula is C27H29N3O3. The zero-order valence-corrected chi connectivity index (χ0v) is 19.5. The third-order valence-corrected chi connectivity index (χ3v) is 6.98. The summed E-state index contributed by atoms with van der Waals surface area (Å²) in [5.74, 6) is -0.977. The van der Waals surface area contributed by atoms with Crippen LogP contribution in [0, 0.1) is 11.8 Å². The van der Waals surface area contributed by atoms with Gasteiger partial charge in [-0.25, -0.2) is 0 Å². The van der Waals surface area contributed by atoms with Crippen molar-refractivity contribution in [2.24, 2.45) is 11.8 Å². The van der Waals surface area contributed by atoms with E-state index in [2.05, 4.69) is 31.0 Å². The SMILES string of the molecule is CC(C)[C@@H](C(=O)N1CCc2c([nH]c3ccccc23)[C@H]1C(C)C)N1C(=O)c2ccccc2C1=O. The molecular weight excluding hydrogens is 414 g/mol. The zero-order valence-electron chi connectivity index (χ0n) is 19.5. The van der Waals surface area contributed by atoms with Crippen molar-refractivity contribution in [3.05, 3.63) is 70.9 Å². The summed E-state index contributed by atoms with van der Waals surface area (Å²) in [5.41, 5.74) is 4.14. The minimum atomic E-state index is -0.843. The van der Waals surface area contributed by atoms with Crippen LogP contribution in [0.2, 0.25) is 0 Å². The van der Waals surface area contributed by atoms with Gasteiger partial charge in [0.05, 0.1) is 17.2 Å². The molecule has 0 radical (unpaired) electrons. The minimum absolute atomic E-state index is 0.148. The molecule has 0 bridgehead atoms. The Labute approximate surface area is 193 Å². The van der Waals surface area contributed by atoms with Gasteiger partial charge in [-0.15, -0.1) is 0 Å². The van der Waals surface area contributed by atoms with Crippen molar-refractivity contribution in [3.8, 4) is 0 Å². The molecule has 6 heteroatoms. The fraction of sp³-hybridized carbons (Fsp3) is 0.370. The minimum Gasteiger partial charge on any atom is -0.356 e. The molecule has 1 aromatic heterocycles. The normalized spacial score (nSPS) is 18.9. The van der Waals surface area contributed by atoms with Gasteiger partial charge in [-0.05, 0) is 42.0 Å². The number of H-pyrrole nitrogens is 1. The van der Waals surface area contributed by atoms with E-state index in [1.165, 1.54) is 15.8 Å². The first-order valence-corrected chi connectivity index (χ1v) is 11.7. The molecule has 3 aromatic rings. The van der Waals surface area contributed by atoms with Crippen molar-refractivity contribution in [1.29, 1.82) is 0 Å². The number of hydrogen-bond acceptors (Lipinski definition) is 3. The van der Waals surface area contributed by atoms with Crippen LogP contribution in [0.1, 0.15) is 65.7 Å². The number of nitrogens with one attached hydrogen (secondary N) is 1. The first-order chi connectivity index (χ1) is 15.8. The third kappa shape index (κ3) is 3.19. The summed E-state index contributed by atoms with van der Waals surface area (Å²) < 4.78 is 0. The lowest BCUT2D eigenvalue weighted by Gasteiger charge is -2.42. The molecule has 170 valence electrons. The Hall–Kier alpha value is -3.41. The lowest BCUT2D eigenvalue weighted by atomic mass is 9.88. The number of fused-ring (bicyclic) bond motifs is 4. The van der Waals surface area contributed by atoms with Gasteiger partial charge in [0.25, 0.3) is 11.8 Å². The van der Waals surface area contributed by atoms with Crippen molar-refractivity contribution < 1.29 is 14.4 Å². The summed E-state index contributed by atoms with van der Waals surface area (Å²) in [7, 11) is 0. The molecule has 33 heavy (non-hydrogen) atoms. The van der Waals surface area contributed by atoms with Gasteiger partial charge in [-0.3, -0.25) is 19.3 Å². The molecule has 3 amide bonds.